The largest absolute Gasteiger partial charge is 0.459 e. The first-order valence-electron chi connectivity index (χ1n) is 8.81. The fourth-order valence-corrected chi connectivity index (χ4v) is 8.20. The fourth-order valence-electron chi connectivity index (χ4n) is 6.91. The van der Waals surface area contributed by atoms with Crippen LogP contribution in [0.25, 0.3) is 0 Å². The smallest absolute Gasteiger partial charge is 0.304 e. The molecule has 4 saturated carbocycles. The SMILES string of the molecule is O=S1(=O)OC2(CC3CC2C2C4CCC(C4)C32)Oc2ccccc21. The second-order valence-corrected chi connectivity index (χ2v) is 9.71. The zero-order chi connectivity index (χ0) is 15.4. The molecule has 1 aromatic rings. The molecular formula is C18H20O4S. The van der Waals surface area contributed by atoms with E-state index < -0.39 is 15.9 Å². The Morgan fingerprint density at radius 3 is 2.65 bits per heavy atom. The number of benzene rings is 1. The van der Waals surface area contributed by atoms with Gasteiger partial charge in [0.05, 0.1) is 0 Å². The van der Waals surface area contributed by atoms with E-state index >= 15 is 0 Å². The molecule has 122 valence electrons. The molecule has 1 aliphatic heterocycles. The van der Waals surface area contributed by atoms with Crippen molar-refractivity contribution in [3.63, 3.8) is 0 Å². The Morgan fingerprint density at radius 2 is 1.78 bits per heavy atom. The molecule has 0 saturated heterocycles. The van der Waals surface area contributed by atoms with Crippen LogP contribution in [0.5, 0.6) is 5.75 Å². The molecule has 1 aromatic carbocycles. The minimum absolute atomic E-state index is 0.179. The number of rotatable bonds is 0. The van der Waals surface area contributed by atoms with Gasteiger partial charge in [-0.05, 0) is 67.4 Å². The van der Waals surface area contributed by atoms with E-state index in [1.807, 2.05) is 6.07 Å². The van der Waals surface area contributed by atoms with Crippen molar-refractivity contribution in [2.75, 3.05) is 0 Å². The Hall–Kier alpha value is -1.07. The summed E-state index contributed by atoms with van der Waals surface area (Å²) in [6.07, 6.45) is 5.87. The minimum Gasteiger partial charge on any atom is -0.459 e. The van der Waals surface area contributed by atoms with Crippen LogP contribution in [0.1, 0.15) is 32.1 Å². The van der Waals surface area contributed by atoms with E-state index in [0.29, 0.717) is 17.6 Å². The zero-order valence-corrected chi connectivity index (χ0v) is 13.7. The Morgan fingerprint density at radius 1 is 1.00 bits per heavy atom. The van der Waals surface area contributed by atoms with Crippen LogP contribution in [-0.4, -0.2) is 14.2 Å². The minimum atomic E-state index is -3.72. The Balaban J connectivity index is 1.45. The van der Waals surface area contributed by atoms with E-state index in [1.54, 1.807) is 18.2 Å². The van der Waals surface area contributed by atoms with Gasteiger partial charge in [-0.2, -0.15) is 8.42 Å². The first kappa shape index (κ1) is 13.2. The van der Waals surface area contributed by atoms with E-state index in [-0.39, 0.29) is 10.8 Å². The van der Waals surface area contributed by atoms with E-state index in [4.69, 9.17) is 8.92 Å². The number of ether oxygens (including phenoxy) is 1. The van der Waals surface area contributed by atoms with Crippen LogP contribution in [0.4, 0.5) is 0 Å². The van der Waals surface area contributed by atoms with Gasteiger partial charge in [0.2, 0.25) is 5.79 Å². The summed E-state index contributed by atoms with van der Waals surface area (Å²) in [6, 6.07) is 6.89. The van der Waals surface area contributed by atoms with Gasteiger partial charge in [0, 0.05) is 12.3 Å². The molecular weight excluding hydrogens is 312 g/mol. The molecule has 0 N–H and O–H groups in total. The van der Waals surface area contributed by atoms with Crippen molar-refractivity contribution in [3.05, 3.63) is 24.3 Å². The molecule has 0 aromatic heterocycles. The summed E-state index contributed by atoms with van der Waals surface area (Å²) in [5, 5.41) is 0. The highest BCUT2D eigenvalue weighted by Crippen LogP contribution is 2.71. The zero-order valence-electron chi connectivity index (χ0n) is 12.9. The van der Waals surface area contributed by atoms with Crippen LogP contribution in [-0.2, 0) is 14.3 Å². The Kier molecular flexibility index (Phi) is 2.27. The normalized spacial score (nSPS) is 50.8. The average molecular weight is 332 g/mol. The van der Waals surface area contributed by atoms with Crippen molar-refractivity contribution in [2.45, 2.75) is 42.8 Å². The van der Waals surface area contributed by atoms with Gasteiger partial charge in [0.1, 0.15) is 10.6 Å². The molecule has 4 aliphatic carbocycles. The van der Waals surface area contributed by atoms with Crippen LogP contribution in [0.15, 0.2) is 29.2 Å². The molecule has 5 aliphatic rings. The third kappa shape index (κ3) is 1.49. The van der Waals surface area contributed by atoms with Crippen LogP contribution in [0.2, 0.25) is 0 Å². The Bertz CT molecular complexity index is 803. The highest BCUT2D eigenvalue weighted by atomic mass is 32.2. The third-order valence-electron chi connectivity index (χ3n) is 7.38. The molecule has 0 amide bonds. The molecule has 7 unspecified atom stereocenters. The van der Waals surface area contributed by atoms with Crippen molar-refractivity contribution in [2.24, 2.45) is 35.5 Å². The van der Waals surface area contributed by atoms with Crippen molar-refractivity contribution < 1.29 is 17.3 Å². The molecule has 7 atom stereocenters. The van der Waals surface area contributed by atoms with Gasteiger partial charge in [0.15, 0.2) is 0 Å². The van der Waals surface area contributed by atoms with Gasteiger partial charge >= 0.3 is 10.1 Å². The number of fused-ring (bicyclic) bond motifs is 11. The van der Waals surface area contributed by atoms with Gasteiger partial charge in [-0.25, -0.2) is 4.18 Å². The molecule has 5 heteroatoms. The standard InChI is InChI=1S/C18H20O4S/c19-23(20)15-4-2-1-3-14(15)21-18(22-23)9-12-8-13(18)17-11-6-5-10(7-11)16(12)17/h1-4,10-13,16-17H,5-9H2. The first-order valence-corrected chi connectivity index (χ1v) is 10.2. The maximum absolute atomic E-state index is 12.7. The van der Waals surface area contributed by atoms with Crippen molar-refractivity contribution in [1.29, 1.82) is 0 Å². The molecule has 4 bridgehead atoms. The molecule has 4 fully saturated rings. The Labute approximate surface area is 136 Å². The maximum atomic E-state index is 12.7. The van der Waals surface area contributed by atoms with Crippen LogP contribution >= 0.6 is 0 Å². The highest BCUT2D eigenvalue weighted by Gasteiger charge is 2.70. The maximum Gasteiger partial charge on any atom is 0.304 e. The topological polar surface area (TPSA) is 52.6 Å². The summed E-state index contributed by atoms with van der Waals surface area (Å²) in [7, 11) is -3.72. The van der Waals surface area contributed by atoms with Gasteiger partial charge in [0.25, 0.3) is 0 Å². The van der Waals surface area contributed by atoms with Gasteiger partial charge in [-0.3, -0.25) is 0 Å². The second kappa shape index (κ2) is 3.94. The van der Waals surface area contributed by atoms with E-state index in [1.165, 1.54) is 19.3 Å². The van der Waals surface area contributed by atoms with Crippen molar-refractivity contribution in [3.8, 4) is 5.75 Å². The molecule has 6 rings (SSSR count). The lowest BCUT2D eigenvalue weighted by atomic mass is 9.69. The third-order valence-corrected chi connectivity index (χ3v) is 8.75. The van der Waals surface area contributed by atoms with Gasteiger partial charge < -0.3 is 4.74 Å². The summed E-state index contributed by atoms with van der Waals surface area (Å²) >= 11 is 0. The van der Waals surface area contributed by atoms with Crippen LogP contribution < -0.4 is 4.74 Å². The fraction of sp³-hybridized carbons (Fsp3) is 0.667. The summed E-state index contributed by atoms with van der Waals surface area (Å²) in [5.74, 6) is 3.45. The van der Waals surface area contributed by atoms with Crippen molar-refractivity contribution >= 4 is 10.1 Å². The lowest BCUT2D eigenvalue weighted by Crippen LogP contribution is -2.53. The van der Waals surface area contributed by atoms with Crippen LogP contribution in [0.3, 0.4) is 0 Å². The average Bonchev–Trinajstić information content (AvgIpc) is 3.24. The molecule has 23 heavy (non-hydrogen) atoms. The summed E-state index contributed by atoms with van der Waals surface area (Å²) < 4.78 is 37.3. The quantitative estimate of drug-likeness (QED) is 0.541. The molecule has 0 radical (unpaired) electrons. The number of hydrogen-bond acceptors (Lipinski definition) is 4. The van der Waals surface area contributed by atoms with E-state index in [2.05, 4.69) is 0 Å². The molecule has 4 nitrogen and oxygen atoms in total. The highest BCUT2D eigenvalue weighted by molar-refractivity contribution is 7.87. The summed E-state index contributed by atoms with van der Waals surface area (Å²) in [5.41, 5.74) is 0. The summed E-state index contributed by atoms with van der Waals surface area (Å²) in [6.45, 7) is 0. The van der Waals surface area contributed by atoms with Crippen molar-refractivity contribution in [1.82, 2.24) is 0 Å². The predicted molar refractivity (Wildman–Crippen MR) is 82.1 cm³/mol. The molecule has 1 spiro atoms. The number of hydrogen-bond donors (Lipinski definition) is 0. The lowest BCUT2D eigenvalue weighted by Gasteiger charge is -2.46. The first-order chi connectivity index (χ1) is 11.1. The van der Waals surface area contributed by atoms with Gasteiger partial charge in [-0.1, -0.05) is 12.1 Å². The number of para-hydroxylation sites is 1. The second-order valence-electron chi connectivity index (χ2n) is 8.19. The molecule has 1 heterocycles. The lowest BCUT2D eigenvalue weighted by molar-refractivity contribution is -0.182. The monoisotopic (exact) mass is 332 g/mol. The van der Waals surface area contributed by atoms with Crippen LogP contribution in [0, 0.1) is 35.5 Å². The summed E-state index contributed by atoms with van der Waals surface area (Å²) in [4.78, 5) is 0.179. The van der Waals surface area contributed by atoms with E-state index in [0.717, 1.165) is 30.6 Å². The van der Waals surface area contributed by atoms with E-state index in [9.17, 15) is 8.42 Å². The van der Waals surface area contributed by atoms with Gasteiger partial charge in [-0.15, -0.1) is 0 Å². The predicted octanol–water partition coefficient (Wildman–Crippen LogP) is 3.18.